The highest BCUT2D eigenvalue weighted by molar-refractivity contribution is 7.88. The molecule has 0 aromatic carbocycles. The molecular formula is C12H16N4O4S. The highest BCUT2D eigenvalue weighted by Crippen LogP contribution is 2.18. The first-order valence-corrected chi connectivity index (χ1v) is 7.52. The van der Waals surface area contributed by atoms with Crippen molar-refractivity contribution in [1.29, 1.82) is 0 Å². The van der Waals surface area contributed by atoms with Crippen LogP contribution in [0.25, 0.3) is 0 Å². The van der Waals surface area contributed by atoms with E-state index in [1.165, 1.54) is 31.1 Å². The predicted octanol–water partition coefficient (Wildman–Crippen LogP) is 0.525. The highest BCUT2D eigenvalue weighted by Gasteiger charge is 2.24. The number of hydrogen-bond donors (Lipinski definition) is 1. The van der Waals surface area contributed by atoms with Gasteiger partial charge < -0.3 is 14.3 Å². The minimum Gasteiger partial charge on any atom is -0.438 e. The van der Waals surface area contributed by atoms with Crippen LogP contribution < -0.4 is 0 Å². The second-order valence-corrected chi connectivity index (χ2v) is 6.69. The summed E-state index contributed by atoms with van der Waals surface area (Å²) in [6, 6.07) is 2.61. The fourth-order valence-electron chi connectivity index (χ4n) is 1.62. The number of carbonyl (C=O) groups excluding carboxylic acids is 1. The number of furan rings is 1. The number of rotatable bonds is 5. The molecule has 2 aromatic rings. The molecule has 2 aromatic heterocycles. The third-order valence-corrected chi connectivity index (χ3v) is 4.50. The Morgan fingerprint density at radius 3 is 2.62 bits per heavy atom. The number of amides is 1. The van der Waals surface area contributed by atoms with E-state index in [2.05, 4.69) is 9.97 Å². The van der Waals surface area contributed by atoms with Gasteiger partial charge in [-0.05, 0) is 12.1 Å². The van der Waals surface area contributed by atoms with Gasteiger partial charge in [-0.3, -0.25) is 4.79 Å². The highest BCUT2D eigenvalue weighted by atomic mass is 32.2. The van der Waals surface area contributed by atoms with Crippen LogP contribution in [-0.2, 0) is 16.6 Å². The molecule has 1 N–H and O–H groups in total. The minimum absolute atomic E-state index is 0.0375. The maximum Gasteiger partial charge on any atom is 0.289 e. The molecule has 2 heterocycles. The Balaban J connectivity index is 2.16. The van der Waals surface area contributed by atoms with E-state index < -0.39 is 15.9 Å². The molecule has 114 valence electrons. The lowest BCUT2D eigenvalue weighted by atomic mass is 10.4. The molecule has 0 fully saturated rings. The molecule has 0 aliphatic heterocycles. The van der Waals surface area contributed by atoms with E-state index in [0.717, 1.165) is 4.31 Å². The number of sulfonamides is 1. The van der Waals surface area contributed by atoms with Crippen molar-refractivity contribution in [2.75, 3.05) is 21.1 Å². The standard InChI is InChI=1S/C12H16N4O4S/c1-15(2)21(18,19)11-5-4-9(20-11)12(17)16(3)8-10-13-6-7-14-10/h4-7H,8H2,1-3H3,(H,13,14). The fourth-order valence-corrected chi connectivity index (χ4v) is 2.42. The third kappa shape index (κ3) is 3.14. The molecule has 0 unspecified atom stereocenters. The minimum atomic E-state index is -3.69. The van der Waals surface area contributed by atoms with E-state index in [4.69, 9.17) is 4.42 Å². The Kier molecular flexibility index (Phi) is 4.14. The first kappa shape index (κ1) is 15.3. The lowest BCUT2D eigenvalue weighted by Crippen LogP contribution is -2.26. The maximum atomic E-state index is 12.2. The van der Waals surface area contributed by atoms with Gasteiger partial charge in [0.05, 0.1) is 6.54 Å². The fraction of sp³-hybridized carbons (Fsp3) is 0.333. The normalized spacial score (nSPS) is 11.8. The molecule has 1 amide bonds. The molecule has 0 spiro atoms. The average molecular weight is 312 g/mol. The first-order valence-electron chi connectivity index (χ1n) is 6.08. The topological polar surface area (TPSA) is 99.5 Å². The summed E-state index contributed by atoms with van der Waals surface area (Å²) in [5, 5.41) is -0.262. The Morgan fingerprint density at radius 2 is 2.05 bits per heavy atom. The van der Waals surface area contributed by atoms with Crippen LogP contribution in [0.1, 0.15) is 16.4 Å². The number of nitrogens with one attached hydrogen (secondary N) is 1. The van der Waals surface area contributed by atoms with Crippen molar-refractivity contribution in [1.82, 2.24) is 19.2 Å². The van der Waals surface area contributed by atoms with E-state index in [0.29, 0.717) is 5.82 Å². The van der Waals surface area contributed by atoms with Crippen molar-refractivity contribution in [3.8, 4) is 0 Å². The van der Waals surface area contributed by atoms with Gasteiger partial charge in [0.25, 0.3) is 15.9 Å². The van der Waals surface area contributed by atoms with Crippen molar-refractivity contribution >= 4 is 15.9 Å². The summed E-state index contributed by atoms with van der Waals surface area (Å²) in [5.74, 6) is 0.162. The van der Waals surface area contributed by atoms with Gasteiger partial charge in [0, 0.05) is 33.5 Å². The van der Waals surface area contributed by atoms with Crippen molar-refractivity contribution < 1.29 is 17.6 Å². The van der Waals surface area contributed by atoms with Crippen molar-refractivity contribution in [2.24, 2.45) is 0 Å². The number of H-pyrrole nitrogens is 1. The summed E-state index contributed by atoms with van der Waals surface area (Å²) in [6.45, 7) is 0.266. The summed E-state index contributed by atoms with van der Waals surface area (Å²) in [5.41, 5.74) is 0. The van der Waals surface area contributed by atoms with Crippen LogP contribution in [0.5, 0.6) is 0 Å². The summed E-state index contributed by atoms with van der Waals surface area (Å²) in [6.07, 6.45) is 3.24. The number of imidazole rings is 1. The summed E-state index contributed by atoms with van der Waals surface area (Å²) in [4.78, 5) is 20.4. The van der Waals surface area contributed by atoms with Gasteiger partial charge in [0.2, 0.25) is 5.09 Å². The van der Waals surface area contributed by atoms with Crippen molar-refractivity contribution in [3.05, 3.63) is 36.1 Å². The van der Waals surface area contributed by atoms with Crippen molar-refractivity contribution in [2.45, 2.75) is 11.6 Å². The van der Waals surface area contributed by atoms with E-state index in [1.807, 2.05) is 0 Å². The zero-order chi connectivity index (χ0) is 15.6. The van der Waals surface area contributed by atoms with Crippen LogP contribution in [-0.4, -0.2) is 54.6 Å². The molecule has 0 atom stereocenters. The molecule has 0 saturated heterocycles. The van der Waals surface area contributed by atoms with Crippen LogP contribution in [0.4, 0.5) is 0 Å². The summed E-state index contributed by atoms with van der Waals surface area (Å²) in [7, 11) is 0.672. The molecule has 0 aliphatic carbocycles. The quantitative estimate of drug-likeness (QED) is 0.868. The van der Waals surface area contributed by atoms with Gasteiger partial charge in [-0.2, -0.15) is 0 Å². The largest absolute Gasteiger partial charge is 0.438 e. The second kappa shape index (κ2) is 5.70. The van der Waals surface area contributed by atoms with Gasteiger partial charge >= 0.3 is 0 Å². The maximum absolute atomic E-state index is 12.2. The third-order valence-electron chi connectivity index (χ3n) is 2.82. The summed E-state index contributed by atoms with van der Waals surface area (Å²) < 4.78 is 30.0. The average Bonchev–Trinajstić information content (AvgIpc) is 3.08. The Morgan fingerprint density at radius 1 is 1.33 bits per heavy atom. The lowest BCUT2D eigenvalue weighted by molar-refractivity contribution is 0.0744. The SMILES string of the molecule is CN(Cc1ncc[nH]1)C(=O)c1ccc(S(=O)(=O)N(C)C)o1. The monoisotopic (exact) mass is 312 g/mol. The molecule has 8 nitrogen and oxygen atoms in total. The molecule has 2 rings (SSSR count). The predicted molar refractivity (Wildman–Crippen MR) is 74.0 cm³/mol. The number of aromatic nitrogens is 2. The van der Waals surface area contributed by atoms with E-state index >= 15 is 0 Å². The van der Waals surface area contributed by atoms with Gasteiger partial charge in [-0.15, -0.1) is 0 Å². The van der Waals surface area contributed by atoms with E-state index in [9.17, 15) is 13.2 Å². The molecular weight excluding hydrogens is 296 g/mol. The summed E-state index contributed by atoms with van der Waals surface area (Å²) >= 11 is 0. The van der Waals surface area contributed by atoms with Gasteiger partial charge in [0.15, 0.2) is 5.76 Å². The molecule has 9 heteroatoms. The number of hydrogen-bond acceptors (Lipinski definition) is 5. The molecule has 21 heavy (non-hydrogen) atoms. The molecule has 0 saturated carbocycles. The van der Waals surface area contributed by atoms with Crippen LogP contribution in [0.15, 0.2) is 34.0 Å². The Hall–Kier alpha value is -2.13. The van der Waals surface area contributed by atoms with Crippen molar-refractivity contribution in [3.63, 3.8) is 0 Å². The Bertz CT molecular complexity index is 718. The lowest BCUT2D eigenvalue weighted by Gasteiger charge is -2.14. The second-order valence-electron chi connectivity index (χ2n) is 4.60. The zero-order valence-electron chi connectivity index (χ0n) is 11.9. The van der Waals surface area contributed by atoms with E-state index in [1.54, 1.807) is 19.4 Å². The van der Waals surface area contributed by atoms with E-state index in [-0.39, 0.29) is 17.4 Å². The van der Waals surface area contributed by atoms with Gasteiger partial charge in [0.1, 0.15) is 5.82 Å². The van der Waals surface area contributed by atoms with Crippen LogP contribution in [0.2, 0.25) is 0 Å². The molecule has 0 bridgehead atoms. The van der Waals surface area contributed by atoms with Gasteiger partial charge in [-0.25, -0.2) is 17.7 Å². The number of aromatic amines is 1. The number of carbonyl (C=O) groups is 1. The molecule has 0 aliphatic rings. The van der Waals surface area contributed by atoms with Crippen LogP contribution >= 0.6 is 0 Å². The first-order chi connectivity index (χ1) is 9.82. The van der Waals surface area contributed by atoms with Crippen LogP contribution in [0, 0.1) is 0 Å². The zero-order valence-corrected chi connectivity index (χ0v) is 12.7. The Labute approximate surface area is 122 Å². The van der Waals surface area contributed by atoms with Gasteiger partial charge in [-0.1, -0.05) is 0 Å². The smallest absolute Gasteiger partial charge is 0.289 e. The number of nitrogens with zero attached hydrogens (tertiary/aromatic N) is 3. The molecule has 0 radical (unpaired) electrons. The van der Waals surface area contributed by atoms with Crippen LogP contribution in [0.3, 0.4) is 0 Å².